The van der Waals surface area contributed by atoms with Gasteiger partial charge >= 0.3 is 0 Å². The maximum Gasteiger partial charge on any atom is 0.271 e. The monoisotopic (exact) mass is 349 g/mol. The molecule has 2 aromatic carbocycles. The fourth-order valence-corrected chi connectivity index (χ4v) is 3.01. The molecule has 1 heterocycles. The van der Waals surface area contributed by atoms with E-state index in [0.29, 0.717) is 24.9 Å². The summed E-state index contributed by atoms with van der Waals surface area (Å²) in [5.74, 6) is -0.158. The Morgan fingerprint density at radius 1 is 1.15 bits per heavy atom. The van der Waals surface area contributed by atoms with Crippen LogP contribution in [0.2, 0.25) is 0 Å². The Morgan fingerprint density at radius 2 is 1.96 bits per heavy atom. The van der Waals surface area contributed by atoms with Crippen molar-refractivity contribution < 1.29 is 9.59 Å². The third kappa shape index (κ3) is 4.36. The molecule has 1 aliphatic rings. The molecule has 0 aliphatic carbocycles. The van der Waals surface area contributed by atoms with Crippen LogP contribution < -0.4 is 10.3 Å². The molecule has 0 aromatic heterocycles. The van der Waals surface area contributed by atoms with Gasteiger partial charge in [0.25, 0.3) is 5.91 Å². The summed E-state index contributed by atoms with van der Waals surface area (Å²) in [5, 5.41) is 4.29. The number of rotatable bonds is 6. The largest absolute Gasteiger partial charge is 0.312 e. The molecule has 5 heteroatoms. The Morgan fingerprint density at radius 3 is 2.65 bits per heavy atom. The molecular weight excluding hydrogens is 326 g/mol. The minimum Gasteiger partial charge on any atom is -0.312 e. The highest BCUT2D eigenvalue weighted by Gasteiger charge is 2.22. The molecule has 1 aliphatic heterocycles. The third-order valence-corrected chi connectivity index (χ3v) is 4.47. The van der Waals surface area contributed by atoms with Crippen molar-refractivity contribution >= 4 is 23.2 Å². The maximum absolute atomic E-state index is 12.4. The van der Waals surface area contributed by atoms with Gasteiger partial charge in [-0.25, -0.2) is 5.43 Å². The van der Waals surface area contributed by atoms with E-state index in [0.717, 1.165) is 29.8 Å². The third-order valence-electron chi connectivity index (χ3n) is 4.47. The molecule has 0 bridgehead atoms. The smallest absolute Gasteiger partial charge is 0.271 e. The van der Waals surface area contributed by atoms with Gasteiger partial charge in [0, 0.05) is 36.3 Å². The number of nitrogens with one attached hydrogen (secondary N) is 1. The summed E-state index contributed by atoms with van der Waals surface area (Å²) < 4.78 is 0. The van der Waals surface area contributed by atoms with Crippen LogP contribution in [-0.2, 0) is 11.2 Å². The van der Waals surface area contributed by atoms with Gasteiger partial charge in [0.2, 0.25) is 5.91 Å². The predicted molar refractivity (Wildman–Crippen MR) is 103 cm³/mol. The predicted octanol–water partition coefficient (Wildman–Crippen LogP) is 3.55. The molecule has 1 N–H and O–H groups in total. The lowest BCUT2D eigenvalue weighted by atomic mass is 10.1. The summed E-state index contributed by atoms with van der Waals surface area (Å²) >= 11 is 0. The van der Waals surface area contributed by atoms with Gasteiger partial charge in [-0.15, -0.1) is 0 Å². The minimum atomic E-state index is -0.266. The Labute approximate surface area is 153 Å². The average molecular weight is 349 g/mol. The van der Waals surface area contributed by atoms with Crippen molar-refractivity contribution in [2.75, 3.05) is 11.4 Å². The molecule has 2 aromatic rings. The fraction of sp³-hybridized carbons (Fsp3) is 0.286. The molecule has 0 unspecified atom stereocenters. The van der Waals surface area contributed by atoms with E-state index in [2.05, 4.69) is 10.5 Å². The van der Waals surface area contributed by atoms with Crippen LogP contribution in [0.25, 0.3) is 0 Å². The SMILES string of the molecule is CCC(Cc1ccccc1)=NNC(=O)c1cccc(N2CCCC2=O)c1. The second kappa shape index (κ2) is 8.43. The first-order valence-electron chi connectivity index (χ1n) is 8.97. The van der Waals surface area contributed by atoms with Crippen molar-refractivity contribution in [1.82, 2.24) is 5.43 Å². The van der Waals surface area contributed by atoms with Crippen LogP contribution in [0.1, 0.15) is 42.1 Å². The van der Waals surface area contributed by atoms with Gasteiger partial charge in [0.1, 0.15) is 0 Å². The molecule has 5 nitrogen and oxygen atoms in total. The first-order chi connectivity index (χ1) is 12.7. The summed E-state index contributed by atoms with van der Waals surface area (Å²) in [6.07, 6.45) is 2.90. The molecule has 0 radical (unpaired) electrons. The molecule has 1 fully saturated rings. The van der Waals surface area contributed by atoms with E-state index in [-0.39, 0.29) is 11.8 Å². The van der Waals surface area contributed by atoms with E-state index in [9.17, 15) is 9.59 Å². The van der Waals surface area contributed by atoms with Gasteiger partial charge in [-0.2, -0.15) is 5.10 Å². The van der Waals surface area contributed by atoms with Crippen molar-refractivity contribution in [2.45, 2.75) is 32.6 Å². The first kappa shape index (κ1) is 17.9. The number of amides is 2. The first-order valence-corrected chi connectivity index (χ1v) is 8.97. The van der Waals surface area contributed by atoms with Crippen LogP contribution >= 0.6 is 0 Å². The van der Waals surface area contributed by atoms with Gasteiger partial charge < -0.3 is 4.90 Å². The molecule has 0 spiro atoms. The topological polar surface area (TPSA) is 61.8 Å². The van der Waals surface area contributed by atoms with Crippen LogP contribution in [0.4, 0.5) is 5.69 Å². The summed E-state index contributed by atoms with van der Waals surface area (Å²) in [6.45, 7) is 2.73. The lowest BCUT2D eigenvalue weighted by molar-refractivity contribution is -0.117. The zero-order valence-corrected chi connectivity index (χ0v) is 14.9. The Bertz CT molecular complexity index is 815. The number of carbonyl (C=O) groups excluding carboxylic acids is 2. The highest BCUT2D eigenvalue weighted by atomic mass is 16.2. The summed E-state index contributed by atoms with van der Waals surface area (Å²) in [6, 6.07) is 17.2. The number of hydrogen-bond donors (Lipinski definition) is 1. The van der Waals surface area contributed by atoms with Crippen LogP contribution in [-0.4, -0.2) is 24.1 Å². The Hall–Kier alpha value is -2.95. The molecular formula is C21H23N3O2. The van der Waals surface area contributed by atoms with Gasteiger partial charge in [-0.3, -0.25) is 9.59 Å². The molecule has 134 valence electrons. The van der Waals surface area contributed by atoms with E-state index in [1.807, 2.05) is 43.3 Å². The summed E-state index contributed by atoms with van der Waals surface area (Å²) in [5.41, 5.74) is 5.99. The van der Waals surface area contributed by atoms with Crippen molar-refractivity contribution in [3.05, 3.63) is 65.7 Å². The Kier molecular flexibility index (Phi) is 5.79. The minimum absolute atomic E-state index is 0.108. The van der Waals surface area contributed by atoms with Crippen LogP contribution in [0.5, 0.6) is 0 Å². The van der Waals surface area contributed by atoms with Gasteiger partial charge in [-0.1, -0.05) is 43.3 Å². The van der Waals surface area contributed by atoms with Gasteiger partial charge in [0.05, 0.1) is 0 Å². The summed E-state index contributed by atoms with van der Waals surface area (Å²) in [7, 11) is 0. The van der Waals surface area contributed by atoms with E-state index in [4.69, 9.17) is 0 Å². The summed E-state index contributed by atoms with van der Waals surface area (Å²) in [4.78, 5) is 26.1. The number of carbonyl (C=O) groups is 2. The normalized spacial score (nSPS) is 14.6. The average Bonchev–Trinajstić information content (AvgIpc) is 3.11. The van der Waals surface area contributed by atoms with Crippen LogP contribution in [0.3, 0.4) is 0 Å². The molecule has 2 amide bonds. The number of hydrogen-bond acceptors (Lipinski definition) is 3. The zero-order valence-electron chi connectivity index (χ0n) is 14.9. The van der Waals surface area contributed by atoms with Crippen LogP contribution in [0, 0.1) is 0 Å². The lowest BCUT2D eigenvalue weighted by Crippen LogP contribution is -2.25. The lowest BCUT2D eigenvalue weighted by Gasteiger charge is -2.16. The Balaban J connectivity index is 1.68. The van der Waals surface area contributed by atoms with Crippen LogP contribution in [0.15, 0.2) is 59.7 Å². The second-order valence-electron chi connectivity index (χ2n) is 6.33. The molecule has 3 rings (SSSR count). The molecule has 0 atom stereocenters. The van der Waals surface area contributed by atoms with Crippen molar-refractivity contribution in [3.63, 3.8) is 0 Å². The fourth-order valence-electron chi connectivity index (χ4n) is 3.01. The highest BCUT2D eigenvalue weighted by molar-refractivity contribution is 5.99. The number of anilines is 1. The van der Waals surface area contributed by atoms with Crippen molar-refractivity contribution in [2.24, 2.45) is 5.10 Å². The second-order valence-corrected chi connectivity index (χ2v) is 6.33. The molecule has 0 saturated carbocycles. The number of hydrazone groups is 1. The molecule has 1 saturated heterocycles. The number of nitrogens with zero attached hydrogens (tertiary/aromatic N) is 2. The molecule has 26 heavy (non-hydrogen) atoms. The van der Waals surface area contributed by atoms with Gasteiger partial charge in [0.15, 0.2) is 0 Å². The van der Waals surface area contributed by atoms with Crippen molar-refractivity contribution in [3.8, 4) is 0 Å². The quantitative estimate of drug-likeness (QED) is 0.640. The van der Waals surface area contributed by atoms with E-state index in [1.165, 1.54) is 0 Å². The number of benzene rings is 2. The van der Waals surface area contributed by atoms with E-state index >= 15 is 0 Å². The van der Waals surface area contributed by atoms with Crippen molar-refractivity contribution in [1.29, 1.82) is 0 Å². The highest BCUT2D eigenvalue weighted by Crippen LogP contribution is 2.22. The van der Waals surface area contributed by atoms with E-state index in [1.54, 1.807) is 23.1 Å². The maximum atomic E-state index is 12.4. The van der Waals surface area contributed by atoms with E-state index < -0.39 is 0 Å². The van der Waals surface area contributed by atoms with Gasteiger partial charge in [-0.05, 0) is 36.6 Å². The standard InChI is InChI=1S/C21H23N3O2/c1-2-18(14-16-8-4-3-5-9-16)22-23-21(26)17-10-6-11-19(15-17)24-13-7-12-20(24)25/h3-6,8-11,15H,2,7,12-14H2,1H3,(H,23,26). The zero-order chi connectivity index (χ0) is 18.4.